The highest BCUT2D eigenvalue weighted by molar-refractivity contribution is 6.09. The molecule has 3 rings (SSSR count). The van der Waals surface area contributed by atoms with Gasteiger partial charge in [0.05, 0.1) is 7.11 Å². The average molecular weight is 430 g/mol. The van der Waals surface area contributed by atoms with Crippen LogP contribution in [0, 0.1) is 11.3 Å². The number of urea groups is 1. The lowest BCUT2D eigenvalue weighted by Gasteiger charge is -2.39. The monoisotopic (exact) mass is 429 g/mol. The molecule has 0 radical (unpaired) electrons. The van der Waals surface area contributed by atoms with Crippen molar-refractivity contribution in [1.82, 2.24) is 15.5 Å². The molecule has 1 heterocycles. The zero-order valence-electron chi connectivity index (χ0n) is 19.3. The van der Waals surface area contributed by atoms with Gasteiger partial charge in [0.1, 0.15) is 17.8 Å². The van der Waals surface area contributed by atoms with E-state index >= 15 is 0 Å². The maximum Gasteiger partial charge on any atom is 0.325 e. The van der Waals surface area contributed by atoms with Crippen LogP contribution in [0.5, 0.6) is 5.75 Å². The second kappa shape index (κ2) is 8.89. The lowest BCUT2D eigenvalue weighted by Crippen LogP contribution is -2.46. The van der Waals surface area contributed by atoms with E-state index in [1.165, 1.54) is 0 Å². The molecule has 1 atom stereocenters. The van der Waals surface area contributed by atoms with Gasteiger partial charge in [-0.3, -0.25) is 14.5 Å². The number of carbonyl (C=O) groups is 3. The quantitative estimate of drug-likeness (QED) is 0.649. The number of benzene rings is 1. The number of hydrogen-bond donors (Lipinski definition) is 2. The summed E-state index contributed by atoms with van der Waals surface area (Å²) in [4.78, 5) is 39.2. The van der Waals surface area contributed by atoms with Gasteiger partial charge in [-0.1, -0.05) is 39.3 Å². The third-order valence-corrected chi connectivity index (χ3v) is 7.35. The normalized spacial score (nSPS) is 26.5. The fourth-order valence-corrected chi connectivity index (χ4v) is 4.69. The summed E-state index contributed by atoms with van der Waals surface area (Å²) in [5, 5.41) is 5.77. The number of nitrogens with zero attached hydrogens (tertiary/aromatic N) is 1. The summed E-state index contributed by atoms with van der Waals surface area (Å²) in [6, 6.07) is 6.53. The van der Waals surface area contributed by atoms with Crippen molar-refractivity contribution in [2.45, 2.75) is 71.4 Å². The Morgan fingerprint density at radius 2 is 1.81 bits per heavy atom. The molecule has 1 saturated carbocycles. The van der Waals surface area contributed by atoms with E-state index in [-0.39, 0.29) is 18.5 Å². The van der Waals surface area contributed by atoms with E-state index in [9.17, 15) is 14.4 Å². The molecule has 1 aromatic carbocycles. The van der Waals surface area contributed by atoms with Crippen molar-refractivity contribution in [3.8, 4) is 5.75 Å². The smallest absolute Gasteiger partial charge is 0.325 e. The number of hydrogen-bond acceptors (Lipinski definition) is 4. The zero-order chi connectivity index (χ0) is 22.8. The second-order valence-electron chi connectivity index (χ2n) is 9.63. The molecule has 1 aromatic rings. The van der Waals surface area contributed by atoms with Crippen LogP contribution in [0.1, 0.15) is 65.4 Å². The highest BCUT2D eigenvalue weighted by atomic mass is 16.5. The highest BCUT2D eigenvalue weighted by Crippen LogP contribution is 2.40. The first-order valence-electron chi connectivity index (χ1n) is 11.2. The topological polar surface area (TPSA) is 87.7 Å². The Morgan fingerprint density at radius 1 is 1.19 bits per heavy atom. The fourth-order valence-electron chi connectivity index (χ4n) is 4.69. The van der Waals surface area contributed by atoms with Gasteiger partial charge in [0.2, 0.25) is 5.91 Å². The molecule has 1 saturated heterocycles. The molecule has 0 aromatic heterocycles. The van der Waals surface area contributed by atoms with Gasteiger partial charge in [0, 0.05) is 6.04 Å². The summed E-state index contributed by atoms with van der Waals surface area (Å²) in [5.74, 6) is 0.617. The van der Waals surface area contributed by atoms with Crippen molar-refractivity contribution in [2.75, 3.05) is 13.7 Å². The maximum absolute atomic E-state index is 13.0. The molecule has 2 N–H and O–H groups in total. The Balaban J connectivity index is 1.58. The summed E-state index contributed by atoms with van der Waals surface area (Å²) < 4.78 is 5.15. The van der Waals surface area contributed by atoms with Gasteiger partial charge >= 0.3 is 6.03 Å². The minimum atomic E-state index is -1.20. The Bertz CT molecular complexity index is 828. The molecule has 2 fully saturated rings. The predicted molar refractivity (Wildman–Crippen MR) is 119 cm³/mol. The van der Waals surface area contributed by atoms with Crippen molar-refractivity contribution in [3.63, 3.8) is 0 Å². The van der Waals surface area contributed by atoms with Crippen LogP contribution in [0.4, 0.5) is 4.79 Å². The first-order valence-corrected chi connectivity index (χ1v) is 11.2. The first kappa shape index (κ1) is 23.1. The SMILES string of the molecule is CCC(C)(C)C1CCC(NC(=O)CN2C(=O)NC(C)(c3ccc(OC)cc3)C2=O)CC1. The van der Waals surface area contributed by atoms with Gasteiger partial charge in [0.25, 0.3) is 5.91 Å². The molecule has 1 aliphatic carbocycles. The van der Waals surface area contributed by atoms with E-state index in [0.29, 0.717) is 22.6 Å². The Kier molecular flexibility index (Phi) is 6.62. The fraction of sp³-hybridized carbons (Fsp3) is 0.625. The van der Waals surface area contributed by atoms with Crippen LogP contribution in [0.2, 0.25) is 0 Å². The lowest BCUT2D eigenvalue weighted by molar-refractivity contribution is -0.135. The Morgan fingerprint density at radius 3 is 2.35 bits per heavy atom. The summed E-state index contributed by atoms with van der Waals surface area (Å²) >= 11 is 0. The van der Waals surface area contributed by atoms with Crippen molar-refractivity contribution in [2.24, 2.45) is 11.3 Å². The lowest BCUT2D eigenvalue weighted by atomic mass is 9.69. The molecular weight excluding hydrogens is 394 g/mol. The number of methoxy groups -OCH3 is 1. The van der Waals surface area contributed by atoms with Crippen LogP contribution in [0.25, 0.3) is 0 Å². The third-order valence-electron chi connectivity index (χ3n) is 7.35. The molecule has 7 nitrogen and oxygen atoms in total. The number of rotatable bonds is 7. The summed E-state index contributed by atoms with van der Waals surface area (Å²) in [6.45, 7) is 8.24. The van der Waals surface area contributed by atoms with Crippen LogP contribution >= 0.6 is 0 Å². The molecule has 4 amide bonds. The molecule has 1 unspecified atom stereocenters. The van der Waals surface area contributed by atoms with Crippen molar-refractivity contribution < 1.29 is 19.1 Å². The molecule has 170 valence electrons. The second-order valence-corrected chi connectivity index (χ2v) is 9.63. The molecule has 1 aliphatic heterocycles. The van der Waals surface area contributed by atoms with Gasteiger partial charge in [-0.2, -0.15) is 0 Å². The predicted octanol–water partition coefficient (Wildman–Crippen LogP) is 3.57. The van der Waals surface area contributed by atoms with Gasteiger partial charge in [-0.05, 0) is 61.6 Å². The van der Waals surface area contributed by atoms with Crippen LogP contribution in [-0.2, 0) is 15.1 Å². The van der Waals surface area contributed by atoms with E-state index in [1.54, 1.807) is 38.3 Å². The molecular formula is C24H35N3O4. The van der Waals surface area contributed by atoms with Gasteiger partial charge < -0.3 is 15.4 Å². The minimum Gasteiger partial charge on any atom is -0.497 e. The molecule has 0 spiro atoms. The van der Waals surface area contributed by atoms with E-state index in [4.69, 9.17) is 4.74 Å². The van der Waals surface area contributed by atoms with Gasteiger partial charge in [0.15, 0.2) is 0 Å². The van der Waals surface area contributed by atoms with Crippen LogP contribution in [0.3, 0.4) is 0 Å². The standard InChI is InChI=1S/C24H35N3O4/c1-6-23(2,3)16-7-11-18(12-8-16)25-20(28)15-27-21(29)24(4,26-22(27)30)17-9-13-19(31-5)14-10-17/h9-10,13-14,16,18H,6-8,11-12,15H2,1-5H3,(H,25,28)(H,26,30). The third kappa shape index (κ3) is 4.70. The number of amides is 4. The maximum atomic E-state index is 13.0. The van der Waals surface area contributed by atoms with Crippen molar-refractivity contribution >= 4 is 17.8 Å². The number of carbonyl (C=O) groups excluding carboxylic acids is 3. The van der Waals surface area contributed by atoms with Crippen LogP contribution in [-0.4, -0.2) is 42.4 Å². The van der Waals surface area contributed by atoms with Crippen LogP contribution < -0.4 is 15.4 Å². The number of imide groups is 1. The first-order chi connectivity index (χ1) is 14.6. The van der Waals surface area contributed by atoms with E-state index in [2.05, 4.69) is 31.4 Å². The van der Waals surface area contributed by atoms with Crippen molar-refractivity contribution in [1.29, 1.82) is 0 Å². The zero-order valence-corrected chi connectivity index (χ0v) is 19.3. The van der Waals surface area contributed by atoms with Gasteiger partial charge in [-0.15, -0.1) is 0 Å². The van der Waals surface area contributed by atoms with Crippen LogP contribution in [0.15, 0.2) is 24.3 Å². The highest BCUT2D eigenvalue weighted by Gasteiger charge is 2.49. The van der Waals surface area contributed by atoms with Gasteiger partial charge in [-0.25, -0.2) is 4.79 Å². The minimum absolute atomic E-state index is 0.102. The Hall–Kier alpha value is -2.57. The summed E-state index contributed by atoms with van der Waals surface area (Å²) in [7, 11) is 1.57. The average Bonchev–Trinajstić information content (AvgIpc) is 2.98. The number of ether oxygens (including phenoxy) is 1. The largest absolute Gasteiger partial charge is 0.497 e. The van der Waals surface area contributed by atoms with E-state index in [0.717, 1.165) is 37.0 Å². The summed E-state index contributed by atoms with van der Waals surface area (Å²) in [5.41, 5.74) is -0.236. The van der Waals surface area contributed by atoms with E-state index in [1.807, 2.05) is 0 Å². The molecule has 0 bridgehead atoms. The summed E-state index contributed by atoms with van der Waals surface area (Å²) in [6.07, 6.45) is 5.19. The van der Waals surface area contributed by atoms with E-state index < -0.39 is 17.5 Å². The van der Waals surface area contributed by atoms with Crippen molar-refractivity contribution in [3.05, 3.63) is 29.8 Å². The molecule has 2 aliphatic rings. The Labute approximate surface area is 184 Å². The molecule has 7 heteroatoms. The number of nitrogens with one attached hydrogen (secondary N) is 2. The molecule has 31 heavy (non-hydrogen) atoms.